The molecule has 0 bridgehead atoms. The molecule has 0 saturated carbocycles. The highest BCUT2D eigenvalue weighted by Crippen LogP contribution is 2.27. The van der Waals surface area contributed by atoms with Crippen molar-refractivity contribution in [2.24, 2.45) is 0 Å². The van der Waals surface area contributed by atoms with Crippen molar-refractivity contribution >= 4 is 5.91 Å². The first kappa shape index (κ1) is 19.2. The van der Waals surface area contributed by atoms with Crippen molar-refractivity contribution in [3.8, 4) is 0 Å². The van der Waals surface area contributed by atoms with Crippen molar-refractivity contribution in [3.05, 3.63) is 70.1 Å². The van der Waals surface area contributed by atoms with Gasteiger partial charge in [0.2, 0.25) is 5.91 Å². The summed E-state index contributed by atoms with van der Waals surface area (Å²) >= 11 is 0. The van der Waals surface area contributed by atoms with Crippen LogP contribution in [0.5, 0.6) is 0 Å². The standard InChI is InChI=1S/C19H20F3N3O2/c1-23-10-11-25(16(12-23)14-6-3-2-4-7-14)17(26)13-24-9-5-8-15(18(24)27)19(20,21)22/h2-9,16H,10-13H2,1H3. The van der Waals surface area contributed by atoms with E-state index in [1.807, 2.05) is 37.4 Å². The molecule has 1 aromatic carbocycles. The molecule has 0 spiro atoms. The smallest absolute Gasteiger partial charge is 0.332 e. The van der Waals surface area contributed by atoms with Crippen LogP contribution in [0.1, 0.15) is 17.2 Å². The van der Waals surface area contributed by atoms with Crippen LogP contribution in [-0.4, -0.2) is 47.0 Å². The van der Waals surface area contributed by atoms with Gasteiger partial charge in [-0.1, -0.05) is 30.3 Å². The lowest BCUT2D eigenvalue weighted by molar-refractivity contribution is -0.140. The minimum atomic E-state index is -4.75. The molecule has 1 amide bonds. The largest absolute Gasteiger partial charge is 0.421 e. The predicted octanol–water partition coefficient (Wildman–Crippen LogP) is 2.38. The number of piperazine rings is 1. The minimum absolute atomic E-state index is 0.209. The van der Waals surface area contributed by atoms with Gasteiger partial charge in [-0.3, -0.25) is 9.59 Å². The number of benzene rings is 1. The number of nitrogens with zero attached hydrogens (tertiary/aromatic N) is 3. The Hall–Kier alpha value is -2.61. The Balaban J connectivity index is 1.86. The van der Waals surface area contributed by atoms with Crippen LogP contribution < -0.4 is 5.56 Å². The van der Waals surface area contributed by atoms with E-state index in [4.69, 9.17) is 0 Å². The van der Waals surface area contributed by atoms with Gasteiger partial charge in [0, 0.05) is 25.8 Å². The van der Waals surface area contributed by atoms with E-state index >= 15 is 0 Å². The van der Waals surface area contributed by atoms with Crippen LogP contribution in [0.15, 0.2) is 53.5 Å². The van der Waals surface area contributed by atoms with Gasteiger partial charge in [-0.05, 0) is 24.7 Å². The minimum Gasteiger partial charge on any atom is -0.332 e. The highest BCUT2D eigenvalue weighted by Gasteiger charge is 2.35. The second-order valence-corrected chi connectivity index (χ2v) is 6.63. The third-order valence-electron chi connectivity index (χ3n) is 4.72. The summed E-state index contributed by atoms with van der Waals surface area (Å²) in [6, 6.07) is 11.1. The highest BCUT2D eigenvalue weighted by molar-refractivity contribution is 5.76. The predicted molar refractivity (Wildman–Crippen MR) is 94.1 cm³/mol. The Kier molecular flexibility index (Phi) is 5.36. The maximum atomic E-state index is 12.9. The fraction of sp³-hybridized carbons (Fsp3) is 0.368. The monoisotopic (exact) mass is 379 g/mol. The number of carbonyl (C=O) groups is 1. The molecular formula is C19H20F3N3O2. The summed E-state index contributed by atoms with van der Waals surface area (Å²) in [5.41, 5.74) is -1.52. The van der Waals surface area contributed by atoms with Gasteiger partial charge in [0.25, 0.3) is 5.56 Å². The van der Waals surface area contributed by atoms with E-state index in [9.17, 15) is 22.8 Å². The Labute approximate surface area is 154 Å². The molecule has 0 N–H and O–H groups in total. The summed E-state index contributed by atoms with van der Waals surface area (Å²) in [7, 11) is 1.95. The van der Waals surface area contributed by atoms with Gasteiger partial charge in [-0.25, -0.2) is 0 Å². The van der Waals surface area contributed by atoms with Gasteiger partial charge in [0.1, 0.15) is 12.1 Å². The molecule has 5 nitrogen and oxygen atoms in total. The summed E-state index contributed by atoms with van der Waals surface area (Å²) < 4.78 is 39.6. The summed E-state index contributed by atoms with van der Waals surface area (Å²) in [6.07, 6.45) is -3.54. The fourth-order valence-corrected chi connectivity index (χ4v) is 3.29. The van der Waals surface area contributed by atoms with E-state index in [1.54, 1.807) is 4.90 Å². The summed E-state index contributed by atoms with van der Waals surface area (Å²) in [5, 5.41) is 0. The summed E-state index contributed by atoms with van der Waals surface area (Å²) in [5.74, 6) is -0.377. The average molecular weight is 379 g/mol. The second kappa shape index (κ2) is 7.56. The number of halogens is 3. The molecule has 1 aliphatic rings. The van der Waals surface area contributed by atoms with E-state index in [1.165, 1.54) is 6.20 Å². The van der Waals surface area contributed by atoms with Gasteiger partial charge in [-0.2, -0.15) is 13.2 Å². The number of alkyl halides is 3. The average Bonchev–Trinajstić information content (AvgIpc) is 2.63. The number of rotatable bonds is 3. The molecule has 1 atom stereocenters. The lowest BCUT2D eigenvalue weighted by atomic mass is 10.0. The third-order valence-corrected chi connectivity index (χ3v) is 4.72. The summed E-state index contributed by atoms with van der Waals surface area (Å²) in [6.45, 7) is 1.30. The molecule has 0 radical (unpaired) electrons. The molecule has 144 valence electrons. The molecule has 27 heavy (non-hydrogen) atoms. The number of likely N-dealkylation sites (N-methyl/N-ethyl adjacent to an activating group) is 1. The van der Waals surface area contributed by atoms with Crippen molar-refractivity contribution in [2.75, 3.05) is 26.7 Å². The Morgan fingerprint density at radius 1 is 1.11 bits per heavy atom. The topological polar surface area (TPSA) is 45.5 Å². The van der Waals surface area contributed by atoms with Crippen molar-refractivity contribution in [1.29, 1.82) is 0 Å². The number of amides is 1. The fourth-order valence-electron chi connectivity index (χ4n) is 3.29. The van der Waals surface area contributed by atoms with Crippen molar-refractivity contribution < 1.29 is 18.0 Å². The van der Waals surface area contributed by atoms with Crippen LogP contribution in [-0.2, 0) is 17.5 Å². The van der Waals surface area contributed by atoms with Gasteiger partial charge in [0.15, 0.2) is 0 Å². The lowest BCUT2D eigenvalue weighted by Crippen LogP contribution is -2.50. The Morgan fingerprint density at radius 3 is 2.48 bits per heavy atom. The first-order chi connectivity index (χ1) is 12.8. The molecular weight excluding hydrogens is 359 g/mol. The van der Waals surface area contributed by atoms with Gasteiger partial charge in [-0.15, -0.1) is 0 Å². The van der Waals surface area contributed by atoms with Crippen molar-refractivity contribution in [1.82, 2.24) is 14.4 Å². The quantitative estimate of drug-likeness (QED) is 0.823. The Bertz CT molecular complexity index is 864. The van der Waals surface area contributed by atoms with Gasteiger partial charge >= 0.3 is 6.18 Å². The van der Waals surface area contributed by atoms with Crippen LogP contribution >= 0.6 is 0 Å². The van der Waals surface area contributed by atoms with E-state index in [2.05, 4.69) is 4.90 Å². The molecule has 1 saturated heterocycles. The normalized spacial score (nSPS) is 18.5. The first-order valence-electron chi connectivity index (χ1n) is 8.57. The van der Waals surface area contributed by atoms with Gasteiger partial charge in [0.05, 0.1) is 6.04 Å². The number of carbonyl (C=O) groups excluding carboxylic acids is 1. The lowest BCUT2D eigenvalue weighted by Gasteiger charge is -2.40. The highest BCUT2D eigenvalue weighted by atomic mass is 19.4. The van der Waals surface area contributed by atoms with Crippen LogP contribution in [0.25, 0.3) is 0 Å². The molecule has 1 fully saturated rings. The first-order valence-corrected chi connectivity index (χ1v) is 8.57. The molecule has 3 rings (SSSR count). The number of hydrogen-bond donors (Lipinski definition) is 0. The number of pyridine rings is 1. The van der Waals surface area contributed by atoms with E-state index < -0.39 is 23.8 Å². The van der Waals surface area contributed by atoms with E-state index in [0.29, 0.717) is 19.6 Å². The third kappa shape index (κ3) is 4.21. The zero-order chi connectivity index (χ0) is 19.6. The van der Waals surface area contributed by atoms with Gasteiger partial charge < -0.3 is 14.4 Å². The molecule has 2 heterocycles. The number of hydrogen-bond acceptors (Lipinski definition) is 3. The maximum absolute atomic E-state index is 12.9. The molecule has 1 aliphatic heterocycles. The molecule has 0 aliphatic carbocycles. The van der Waals surface area contributed by atoms with Crippen molar-refractivity contribution in [2.45, 2.75) is 18.8 Å². The molecule has 8 heteroatoms. The second-order valence-electron chi connectivity index (χ2n) is 6.63. The molecule has 1 unspecified atom stereocenters. The Morgan fingerprint density at radius 2 is 1.81 bits per heavy atom. The summed E-state index contributed by atoms with van der Waals surface area (Å²) in [4.78, 5) is 28.7. The molecule has 2 aromatic rings. The number of aromatic nitrogens is 1. The van der Waals surface area contributed by atoms with E-state index in [-0.39, 0.29) is 11.9 Å². The SMILES string of the molecule is CN1CCN(C(=O)Cn2cccc(C(F)(F)F)c2=O)C(c2ccccc2)C1. The maximum Gasteiger partial charge on any atom is 0.421 e. The zero-order valence-electron chi connectivity index (χ0n) is 14.8. The molecule has 1 aromatic heterocycles. The van der Waals surface area contributed by atoms with Crippen molar-refractivity contribution in [3.63, 3.8) is 0 Å². The zero-order valence-corrected chi connectivity index (χ0v) is 14.8. The van der Waals surface area contributed by atoms with Crippen LogP contribution in [0.3, 0.4) is 0 Å². The van der Waals surface area contributed by atoms with E-state index in [0.717, 1.165) is 22.3 Å². The van der Waals surface area contributed by atoms with Crippen LogP contribution in [0, 0.1) is 0 Å². The van der Waals surface area contributed by atoms with Crippen LogP contribution in [0.4, 0.5) is 13.2 Å². The van der Waals surface area contributed by atoms with Crippen LogP contribution in [0.2, 0.25) is 0 Å².